The van der Waals surface area contributed by atoms with E-state index in [2.05, 4.69) is 58.9 Å². The van der Waals surface area contributed by atoms with Crippen molar-refractivity contribution in [3.8, 4) is 5.88 Å². The molecule has 2 aromatic rings. The molecule has 1 fully saturated rings. The number of fused-ring (bicyclic) bond motifs is 1. The predicted molar refractivity (Wildman–Crippen MR) is 131 cm³/mol. The third kappa shape index (κ3) is 6.17. The summed E-state index contributed by atoms with van der Waals surface area (Å²) in [5, 5.41) is 14.8. The van der Waals surface area contributed by atoms with Crippen molar-refractivity contribution in [2.45, 2.75) is 83.5 Å². The van der Waals surface area contributed by atoms with Crippen molar-refractivity contribution in [2.24, 2.45) is 0 Å². The molecule has 3 rings (SSSR count). The molecule has 8 nitrogen and oxygen atoms in total. The number of aromatic nitrogens is 2. The van der Waals surface area contributed by atoms with E-state index in [0.717, 1.165) is 6.07 Å². The highest BCUT2D eigenvalue weighted by molar-refractivity contribution is 7.14. The van der Waals surface area contributed by atoms with Crippen LogP contribution in [0.15, 0.2) is 22.4 Å². The van der Waals surface area contributed by atoms with Crippen molar-refractivity contribution < 1.29 is 27.7 Å². The zero-order chi connectivity index (χ0) is 24.1. The van der Waals surface area contributed by atoms with Crippen LogP contribution in [0, 0.1) is 0 Å². The Bertz CT molecular complexity index is 1010. The van der Waals surface area contributed by atoms with Crippen LogP contribution < -0.4 is 15.2 Å². The summed E-state index contributed by atoms with van der Waals surface area (Å²) in [6.07, 6.45) is -0.263. The number of thiazole rings is 1. The van der Waals surface area contributed by atoms with Gasteiger partial charge in [-0.1, -0.05) is 11.3 Å². The van der Waals surface area contributed by atoms with E-state index in [1.54, 1.807) is 16.1 Å². The van der Waals surface area contributed by atoms with E-state index in [1.807, 2.05) is 0 Å². The molecular formula is C20H36N2O6SSi3. The fourth-order valence-corrected chi connectivity index (χ4v) is 7.36. The molecule has 0 bridgehead atoms. The highest BCUT2D eigenvalue weighted by Gasteiger charge is 2.53. The Kier molecular flexibility index (Phi) is 7.29. The van der Waals surface area contributed by atoms with Crippen LogP contribution in [0.5, 0.6) is 5.88 Å². The summed E-state index contributed by atoms with van der Waals surface area (Å²) < 4.78 is 29.0. The molecule has 32 heavy (non-hydrogen) atoms. The highest BCUT2D eigenvalue weighted by Crippen LogP contribution is 2.36. The lowest BCUT2D eigenvalue weighted by Gasteiger charge is -2.34. The molecule has 0 saturated carbocycles. The maximum absolute atomic E-state index is 13.0. The maximum atomic E-state index is 13.0. The standard InChI is InChI=1S/C20H36N2O6SSi3/c1-30(2,3)25-13-14-17(27-31(4,5)6)18(28-32(7,8)9)19(26-14)22-16(24)12-15(23)21-10-11-29-20(21)22/h10-12,14,17-19H,13H2,1-9H3/t14-,17-,18-,19-/m1/s1. The van der Waals surface area contributed by atoms with Crippen LogP contribution >= 0.6 is 11.3 Å². The predicted octanol–water partition coefficient (Wildman–Crippen LogP) is 2.91. The van der Waals surface area contributed by atoms with E-state index in [1.165, 1.54) is 15.7 Å². The molecule has 0 spiro atoms. The topological polar surface area (TPSA) is 85.3 Å². The summed E-state index contributed by atoms with van der Waals surface area (Å²) >= 11 is 1.33. The van der Waals surface area contributed by atoms with Crippen molar-refractivity contribution in [1.29, 1.82) is 0 Å². The van der Waals surface area contributed by atoms with Gasteiger partial charge in [0.1, 0.15) is 24.5 Å². The lowest BCUT2D eigenvalue weighted by molar-refractivity contribution is -0.774. The van der Waals surface area contributed by atoms with Gasteiger partial charge >= 0.3 is 10.5 Å². The molecule has 12 heteroatoms. The van der Waals surface area contributed by atoms with Gasteiger partial charge in [-0.15, -0.1) is 0 Å². The summed E-state index contributed by atoms with van der Waals surface area (Å²) in [6.45, 7) is 19.5. The Morgan fingerprint density at radius 1 is 1.03 bits per heavy atom. The minimum atomic E-state index is -2.04. The number of ether oxygens (including phenoxy) is 1. The van der Waals surface area contributed by atoms with E-state index in [9.17, 15) is 9.90 Å². The van der Waals surface area contributed by atoms with Crippen LogP contribution in [0.3, 0.4) is 0 Å². The van der Waals surface area contributed by atoms with Gasteiger partial charge in [-0.25, -0.2) is 9.36 Å². The molecule has 0 amide bonds. The molecular weight excluding hydrogens is 481 g/mol. The molecule has 0 N–H and O–H groups in total. The highest BCUT2D eigenvalue weighted by atomic mass is 32.1. The smallest absolute Gasteiger partial charge is 0.350 e. The first-order valence-electron chi connectivity index (χ1n) is 10.9. The van der Waals surface area contributed by atoms with Crippen LogP contribution in [0.2, 0.25) is 58.9 Å². The Morgan fingerprint density at radius 3 is 2.19 bits per heavy atom. The van der Waals surface area contributed by atoms with Crippen molar-refractivity contribution in [1.82, 2.24) is 4.40 Å². The third-order valence-corrected chi connectivity index (χ3v) is 8.57. The molecule has 0 radical (unpaired) electrons. The SMILES string of the molecule is C[Si](C)(C)OC[C@H]1O[C@@H]([n+]2c([O-])cc(=O)n3ccsc32)[C@H](O[Si](C)(C)C)[C@@H]1O[Si](C)(C)C. The second-order valence-corrected chi connectivity index (χ2v) is 25.4. The summed E-state index contributed by atoms with van der Waals surface area (Å²) in [4.78, 5) is 12.8. The quantitative estimate of drug-likeness (QED) is 0.396. The second-order valence-electron chi connectivity index (χ2n) is 11.1. The van der Waals surface area contributed by atoms with Gasteiger partial charge in [-0.3, -0.25) is 0 Å². The van der Waals surface area contributed by atoms with E-state index < -0.39 is 43.2 Å². The zero-order valence-electron chi connectivity index (χ0n) is 20.5. The Hall–Kier alpha value is -0.869. The summed E-state index contributed by atoms with van der Waals surface area (Å²) in [6, 6.07) is 1.11. The van der Waals surface area contributed by atoms with Crippen LogP contribution in [-0.4, -0.2) is 54.3 Å². The monoisotopic (exact) mass is 516 g/mol. The Morgan fingerprint density at radius 2 is 1.62 bits per heavy atom. The molecule has 0 unspecified atom stereocenters. The first-order chi connectivity index (χ1) is 14.6. The van der Waals surface area contributed by atoms with Crippen molar-refractivity contribution in [3.63, 3.8) is 0 Å². The van der Waals surface area contributed by atoms with Crippen molar-refractivity contribution in [2.75, 3.05) is 6.61 Å². The van der Waals surface area contributed by atoms with E-state index in [-0.39, 0.29) is 17.8 Å². The van der Waals surface area contributed by atoms with E-state index in [4.69, 9.17) is 18.0 Å². The minimum absolute atomic E-state index is 0.350. The van der Waals surface area contributed by atoms with Gasteiger partial charge in [0, 0.05) is 5.38 Å². The van der Waals surface area contributed by atoms with Crippen LogP contribution in [-0.2, 0) is 18.0 Å². The van der Waals surface area contributed by atoms with Gasteiger partial charge in [0.05, 0.1) is 18.6 Å². The first kappa shape index (κ1) is 25.7. The number of nitrogens with zero attached hydrogens (tertiary/aromatic N) is 2. The molecule has 2 aromatic heterocycles. The fraction of sp³-hybridized carbons (Fsp3) is 0.700. The summed E-state index contributed by atoms with van der Waals surface area (Å²) in [5.41, 5.74) is -0.350. The maximum Gasteiger partial charge on any atom is 0.350 e. The largest absolute Gasteiger partial charge is 0.842 e. The molecule has 1 saturated heterocycles. The van der Waals surface area contributed by atoms with Crippen molar-refractivity contribution >= 4 is 41.2 Å². The van der Waals surface area contributed by atoms with Gasteiger partial charge in [0.25, 0.3) is 0 Å². The Labute approximate surface area is 197 Å². The van der Waals surface area contributed by atoms with E-state index in [0.29, 0.717) is 11.6 Å². The normalized spacial score (nSPS) is 25.0. The average molecular weight is 517 g/mol. The molecule has 1 aliphatic rings. The zero-order valence-corrected chi connectivity index (χ0v) is 24.3. The van der Waals surface area contributed by atoms with Gasteiger partial charge in [0.15, 0.2) is 25.0 Å². The first-order valence-corrected chi connectivity index (χ1v) is 22.0. The van der Waals surface area contributed by atoms with Gasteiger partial charge < -0.3 is 23.1 Å². The lowest BCUT2D eigenvalue weighted by Crippen LogP contribution is -2.54. The van der Waals surface area contributed by atoms with Crippen LogP contribution in [0.4, 0.5) is 0 Å². The molecule has 1 aliphatic heterocycles. The van der Waals surface area contributed by atoms with Gasteiger partial charge in [-0.05, 0) is 58.9 Å². The minimum Gasteiger partial charge on any atom is -0.842 e. The molecule has 3 heterocycles. The van der Waals surface area contributed by atoms with Gasteiger partial charge in [-0.2, -0.15) is 4.40 Å². The third-order valence-electron chi connectivity index (χ3n) is 4.72. The summed E-state index contributed by atoms with van der Waals surface area (Å²) in [7, 11) is -5.82. The fourth-order valence-electron chi connectivity index (χ4n) is 3.65. The molecule has 180 valence electrons. The number of hydrogen-bond acceptors (Lipinski definition) is 7. The Balaban J connectivity index is 2.11. The number of rotatable bonds is 8. The van der Waals surface area contributed by atoms with Gasteiger partial charge in [0.2, 0.25) is 6.23 Å². The molecule has 0 aliphatic carbocycles. The molecule has 4 atom stereocenters. The number of hydrogen-bond donors (Lipinski definition) is 0. The van der Waals surface area contributed by atoms with Crippen molar-refractivity contribution in [3.05, 3.63) is 28.0 Å². The average Bonchev–Trinajstić information content (AvgIpc) is 3.18. The second kappa shape index (κ2) is 9.06. The lowest BCUT2D eigenvalue weighted by atomic mass is 10.1. The molecule has 0 aromatic carbocycles. The van der Waals surface area contributed by atoms with E-state index >= 15 is 0 Å². The van der Waals surface area contributed by atoms with Crippen LogP contribution in [0.1, 0.15) is 6.23 Å². The van der Waals surface area contributed by atoms with Crippen LogP contribution in [0.25, 0.3) is 4.96 Å². The summed E-state index contributed by atoms with van der Waals surface area (Å²) in [5.74, 6) is -0.398.